The second-order valence-electron chi connectivity index (χ2n) is 4.71. The largest absolute Gasteiger partial charge is 0.504 e. The molecule has 3 rings (SSSR count). The van der Waals surface area contributed by atoms with Gasteiger partial charge >= 0.3 is 5.97 Å². The first-order chi connectivity index (χ1) is 10.6. The summed E-state index contributed by atoms with van der Waals surface area (Å²) in [6.45, 7) is 0. The lowest BCUT2D eigenvalue weighted by molar-refractivity contribution is 0.0714. The number of rotatable bonds is 3. The Labute approximate surface area is 127 Å². The van der Waals surface area contributed by atoms with Crippen LogP contribution < -0.4 is 9.47 Å². The first kappa shape index (κ1) is 14.0. The zero-order chi connectivity index (χ0) is 15.7. The first-order valence-electron chi connectivity index (χ1n) is 6.62. The van der Waals surface area contributed by atoms with Crippen molar-refractivity contribution in [1.82, 2.24) is 0 Å². The number of cyclic esters (lactones) is 1. The van der Waals surface area contributed by atoms with E-state index in [-0.39, 0.29) is 5.75 Å². The van der Waals surface area contributed by atoms with Crippen LogP contribution in [0.4, 0.5) is 0 Å². The van der Waals surface area contributed by atoms with Crippen LogP contribution in [0.1, 0.15) is 21.5 Å². The zero-order valence-corrected chi connectivity index (χ0v) is 12.1. The van der Waals surface area contributed by atoms with E-state index in [0.717, 1.165) is 0 Å². The van der Waals surface area contributed by atoms with Crippen molar-refractivity contribution in [3.63, 3.8) is 0 Å². The third-order valence-electron chi connectivity index (χ3n) is 3.42. The maximum absolute atomic E-state index is 12.0. The van der Waals surface area contributed by atoms with E-state index in [4.69, 9.17) is 14.2 Å². The third-order valence-corrected chi connectivity index (χ3v) is 3.42. The molecule has 0 unspecified atom stereocenters. The van der Waals surface area contributed by atoms with E-state index in [0.29, 0.717) is 33.9 Å². The highest BCUT2D eigenvalue weighted by molar-refractivity contribution is 6.07. The number of carbonyl (C=O) groups excluding carboxylic acids is 1. The third kappa shape index (κ3) is 2.26. The van der Waals surface area contributed by atoms with Crippen LogP contribution in [0.2, 0.25) is 0 Å². The molecule has 0 aliphatic carbocycles. The Kier molecular flexibility index (Phi) is 3.47. The molecule has 5 heteroatoms. The average molecular weight is 298 g/mol. The van der Waals surface area contributed by atoms with Crippen LogP contribution in [0.15, 0.2) is 36.4 Å². The monoisotopic (exact) mass is 298 g/mol. The summed E-state index contributed by atoms with van der Waals surface area (Å²) in [7, 11) is 2.99. The summed E-state index contributed by atoms with van der Waals surface area (Å²) >= 11 is 0. The van der Waals surface area contributed by atoms with E-state index < -0.39 is 5.97 Å². The summed E-state index contributed by atoms with van der Waals surface area (Å²) in [4.78, 5) is 12.0. The Morgan fingerprint density at radius 1 is 1.09 bits per heavy atom. The molecule has 0 aromatic heterocycles. The number of hydrogen-bond acceptors (Lipinski definition) is 5. The summed E-state index contributed by atoms with van der Waals surface area (Å²) in [6, 6.07) is 10.2. The van der Waals surface area contributed by atoms with Gasteiger partial charge in [-0.25, -0.2) is 4.79 Å². The lowest BCUT2D eigenvalue weighted by Crippen LogP contribution is -1.97. The van der Waals surface area contributed by atoms with Crippen LogP contribution in [0.25, 0.3) is 11.8 Å². The van der Waals surface area contributed by atoms with Crippen LogP contribution >= 0.6 is 0 Å². The second-order valence-corrected chi connectivity index (χ2v) is 4.71. The van der Waals surface area contributed by atoms with Crippen LogP contribution in [-0.4, -0.2) is 25.3 Å². The molecule has 5 nitrogen and oxygen atoms in total. The number of aromatic hydroxyl groups is 1. The maximum atomic E-state index is 12.0. The highest BCUT2D eigenvalue weighted by Crippen LogP contribution is 2.37. The van der Waals surface area contributed by atoms with Crippen LogP contribution in [-0.2, 0) is 4.74 Å². The van der Waals surface area contributed by atoms with E-state index in [9.17, 15) is 9.90 Å². The van der Waals surface area contributed by atoms with Crippen molar-refractivity contribution in [1.29, 1.82) is 0 Å². The lowest BCUT2D eigenvalue weighted by Gasteiger charge is -2.05. The van der Waals surface area contributed by atoms with Gasteiger partial charge < -0.3 is 19.3 Å². The van der Waals surface area contributed by atoms with E-state index in [1.54, 1.807) is 36.4 Å². The molecule has 0 amide bonds. The Morgan fingerprint density at radius 3 is 2.55 bits per heavy atom. The van der Waals surface area contributed by atoms with E-state index in [1.807, 2.05) is 0 Å². The molecule has 112 valence electrons. The number of hydrogen-bond donors (Lipinski definition) is 1. The molecular formula is C17H14O5. The number of fused-ring (bicyclic) bond motifs is 1. The normalized spacial score (nSPS) is 14.6. The van der Waals surface area contributed by atoms with Gasteiger partial charge in [-0.15, -0.1) is 0 Å². The quantitative estimate of drug-likeness (QED) is 0.882. The molecular weight excluding hydrogens is 284 g/mol. The van der Waals surface area contributed by atoms with Gasteiger partial charge in [0.2, 0.25) is 0 Å². The number of esters is 1. The van der Waals surface area contributed by atoms with Crippen LogP contribution in [0.5, 0.6) is 17.2 Å². The molecule has 1 heterocycles. The molecule has 0 bridgehead atoms. The molecule has 2 aromatic carbocycles. The van der Waals surface area contributed by atoms with E-state index in [1.165, 1.54) is 20.3 Å². The van der Waals surface area contributed by atoms with Gasteiger partial charge in [-0.3, -0.25) is 0 Å². The van der Waals surface area contributed by atoms with Crippen molar-refractivity contribution < 1.29 is 24.1 Å². The van der Waals surface area contributed by atoms with E-state index >= 15 is 0 Å². The van der Waals surface area contributed by atoms with Gasteiger partial charge in [-0.05, 0) is 29.8 Å². The van der Waals surface area contributed by atoms with Gasteiger partial charge in [0.15, 0.2) is 11.5 Å². The lowest BCUT2D eigenvalue weighted by atomic mass is 10.1. The fraction of sp³-hybridized carbons (Fsp3) is 0.118. The molecule has 0 radical (unpaired) electrons. The van der Waals surface area contributed by atoms with E-state index in [2.05, 4.69) is 0 Å². The number of phenolic OH excluding ortho intramolecular Hbond substituents is 1. The Hall–Kier alpha value is -2.95. The number of carbonyl (C=O) groups is 1. The molecule has 22 heavy (non-hydrogen) atoms. The molecule has 0 saturated carbocycles. The topological polar surface area (TPSA) is 65.0 Å². The highest BCUT2D eigenvalue weighted by atomic mass is 16.5. The summed E-state index contributed by atoms with van der Waals surface area (Å²) in [5, 5.41) is 9.81. The smallest absolute Gasteiger partial charge is 0.348 e. The van der Waals surface area contributed by atoms with Crippen molar-refractivity contribution in [2.24, 2.45) is 0 Å². The molecule has 0 fully saturated rings. The number of methoxy groups -OCH3 is 2. The minimum Gasteiger partial charge on any atom is -0.504 e. The summed E-state index contributed by atoms with van der Waals surface area (Å²) in [5.74, 6) is 0.850. The summed E-state index contributed by atoms with van der Waals surface area (Å²) in [5.41, 5.74) is 1.77. The van der Waals surface area contributed by atoms with Gasteiger partial charge in [0, 0.05) is 5.56 Å². The van der Waals surface area contributed by atoms with Crippen molar-refractivity contribution in [3.05, 3.63) is 53.1 Å². The minimum absolute atomic E-state index is 0.0204. The molecule has 1 aliphatic rings. The van der Waals surface area contributed by atoms with Gasteiger partial charge in [-0.2, -0.15) is 0 Å². The van der Waals surface area contributed by atoms with Crippen LogP contribution in [0.3, 0.4) is 0 Å². The average Bonchev–Trinajstić information content (AvgIpc) is 2.84. The minimum atomic E-state index is -0.448. The van der Waals surface area contributed by atoms with Crippen molar-refractivity contribution in [2.75, 3.05) is 14.2 Å². The van der Waals surface area contributed by atoms with Crippen LogP contribution in [0, 0.1) is 0 Å². The first-order valence-corrected chi connectivity index (χ1v) is 6.62. The van der Waals surface area contributed by atoms with Gasteiger partial charge in [0.05, 0.1) is 14.2 Å². The fourth-order valence-electron chi connectivity index (χ4n) is 2.38. The second kappa shape index (κ2) is 5.44. The van der Waals surface area contributed by atoms with Gasteiger partial charge in [-0.1, -0.05) is 18.2 Å². The summed E-state index contributed by atoms with van der Waals surface area (Å²) in [6.07, 6.45) is 1.68. The van der Waals surface area contributed by atoms with Crippen molar-refractivity contribution in [3.8, 4) is 17.2 Å². The number of phenols is 1. The Morgan fingerprint density at radius 2 is 1.86 bits per heavy atom. The highest BCUT2D eigenvalue weighted by Gasteiger charge is 2.29. The number of ether oxygens (including phenoxy) is 3. The van der Waals surface area contributed by atoms with Gasteiger partial charge in [0.1, 0.15) is 17.1 Å². The number of benzene rings is 2. The predicted octanol–water partition coefficient (Wildman–Crippen LogP) is 3.08. The molecule has 1 aliphatic heterocycles. The maximum Gasteiger partial charge on any atom is 0.348 e. The zero-order valence-electron chi connectivity index (χ0n) is 12.1. The standard InChI is InChI=1S/C17H14O5/c1-20-13-7-6-10(8-12(13)18)9-15-11-4-3-5-14(21-2)16(11)17(19)22-15/h3-9,18H,1-2H3. The SMILES string of the molecule is COc1ccc(C=C2OC(=O)c3c(OC)cccc32)cc1O. The van der Waals surface area contributed by atoms with Crippen molar-refractivity contribution in [2.45, 2.75) is 0 Å². The fourth-order valence-corrected chi connectivity index (χ4v) is 2.38. The molecule has 1 N–H and O–H groups in total. The predicted molar refractivity (Wildman–Crippen MR) is 80.9 cm³/mol. The van der Waals surface area contributed by atoms with Crippen molar-refractivity contribution >= 4 is 17.8 Å². The Balaban J connectivity index is 2.05. The summed E-state index contributed by atoms with van der Waals surface area (Å²) < 4.78 is 15.5. The van der Waals surface area contributed by atoms with Gasteiger partial charge in [0.25, 0.3) is 0 Å². The molecule has 2 aromatic rings. The molecule has 0 saturated heterocycles. The molecule has 0 atom stereocenters. The Bertz CT molecular complexity index is 777. The molecule has 0 spiro atoms.